The van der Waals surface area contributed by atoms with Crippen LogP contribution in [0.3, 0.4) is 0 Å². The number of hydrogen-bond acceptors (Lipinski definition) is 5. The highest BCUT2D eigenvalue weighted by Crippen LogP contribution is 2.39. The van der Waals surface area contributed by atoms with Crippen molar-refractivity contribution in [3.63, 3.8) is 0 Å². The van der Waals surface area contributed by atoms with Crippen LogP contribution in [0.25, 0.3) is 11.0 Å². The third kappa shape index (κ3) is 13.3. The molecule has 1 aliphatic carbocycles. The topological polar surface area (TPSA) is 105 Å². The van der Waals surface area contributed by atoms with Gasteiger partial charge in [0.25, 0.3) is 5.91 Å². The van der Waals surface area contributed by atoms with Crippen LogP contribution in [-0.4, -0.2) is 46.8 Å². The maximum atomic E-state index is 15.4. The standard InChI is InChI=1S/C26H29ClF4N6O2.C7H11F3.C4H7F.C2H6/c1-25(2,3)23(39)33-11-13-5-6-16(27)21(20(13)28)35-24-34-17-9-15(22(32)38)18(10-19(17)36(24)4)37-8-7-14(12-37)26(29,30)31;8-7(9,10)6-4-2-1-3-5-6;1-3-4(2)5;1-2/h5-6,9-10,14H,7-8,11-12H2,1-4H3,(H2,32,38)(H,33,39)(H,34,35);6H,1-5H2;2-3H2,1H3;1-2H3. The zero-order chi connectivity index (χ0) is 42.8. The Kier molecular flexibility index (Phi) is 17.5. The fourth-order valence-corrected chi connectivity index (χ4v) is 6.07. The largest absolute Gasteiger partial charge is 0.393 e. The summed E-state index contributed by atoms with van der Waals surface area (Å²) in [5.41, 5.74) is 6.16. The van der Waals surface area contributed by atoms with Gasteiger partial charge in [-0.05, 0) is 43.9 Å². The van der Waals surface area contributed by atoms with E-state index >= 15 is 4.39 Å². The molecular formula is C39H53ClF8N6O2. The molecule has 1 unspecified atom stereocenters. The van der Waals surface area contributed by atoms with Crippen molar-refractivity contribution in [2.75, 3.05) is 23.3 Å². The second kappa shape index (κ2) is 20.4. The van der Waals surface area contributed by atoms with E-state index in [0.29, 0.717) is 30.3 Å². The molecule has 2 aromatic carbocycles. The van der Waals surface area contributed by atoms with Crippen molar-refractivity contribution in [2.45, 2.75) is 105 Å². The van der Waals surface area contributed by atoms with Gasteiger partial charge in [-0.1, -0.05) is 85.1 Å². The first kappa shape index (κ1) is 48.1. The van der Waals surface area contributed by atoms with E-state index in [9.17, 15) is 40.3 Å². The van der Waals surface area contributed by atoms with Crippen molar-refractivity contribution in [2.24, 2.45) is 30.0 Å². The van der Waals surface area contributed by atoms with E-state index < -0.39 is 41.3 Å². The maximum Gasteiger partial charge on any atom is 0.393 e. The molecule has 2 amide bonds. The number of nitrogens with two attached hydrogens (primary N) is 1. The second-order valence-corrected chi connectivity index (χ2v) is 14.8. The number of nitrogens with one attached hydrogen (secondary N) is 2. The number of aromatic nitrogens is 2. The number of rotatable bonds is 7. The average Bonchev–Trinajstić information content (AvgIpc) is 3.75. The summed E-state index contributed by atoms with van der Waals surface area (Å²) < 4.78 is 104. The van der Waals surface area contributed by atoms with E-state index in [1.54, 1.807) is 45.4 Å². The molecule has 2 heterocycles. The molecule has 1 saturated heterocycles. The van der Waals surface area contributed by atoms with Crippen LogP contribution in [0.1, 0.15) is 102 Å². The lowest BCUT2D eigenvalue weighted by Gasteiger charge is -2.23. The van der Waals surface area contributed by atoms with Gasteiger partial charge >= 0.3 is 12.4 Å². The number of amides is 2. The molecule has 1 atom stereocenters. The van der Waals surface area contributed by atoms with Crippen molar-refractivity contribution in [3.05, 3.63) is 58.6 Å². The van der Waals surface area contributed by atoms with E-state index in [2.05, 4.69) is 22.2 Å². The predicted octanol–water partition coefficient (Wildman–Crippen LogP) is 11.3. The summed E-state index contributed by atoms with van der Waals surface area (Å²) in [6.07, 6.45) is -4.74. The lowest BCUT2D eigenvalue weighted by atomic mass is 9.89. The molecule has 17 heteroatoms. The number of carbonyl (C=O) groups is 2. The molecule has 1 aliphatic heterocycles. The molecule has 314 valence electrons. The van der Waals surface area contributed by atoms with Crippen LogP contribution in [0.15, 0.2) is 36.7 Å². The fraction of sp³-hybridized carbons (Fsp3) is 0.564. The molecule has 0 spiro atoms. The molecule has 2 aliphatic rings. The van der Waals surface area contributed by atoms with E-state index in [-0.39, 0.29) is 71.3 Å². The Morgan fingerprint density at radius 1 is 0.982 bits per heavy atom. The molecule has 0 radical (unpaired) electrons. The van der Waals surface area contributed by atoms with Crippen LogP contribution in [-0.2, 0) is 18.4 Å². The van der Waals surface area contributed by atoms with Crippen LogP contribution >= 0.6 is 11.6 Å². The quantitative estimate of drug-likeness (QED) is 0.206. The number of aryl methyl sites for hydroxylation is 1. The van der Waals surface area contributed by atoms with Crippen LogP contribution in [0.5, 0.6) is 0 Å². The zero-order valence-corrected chi connectivity index (χ0v) is 33.6. The van der Waals surface area contributed by atoms with Crippen molar-refractivity contribution >= 4 is 51.8 Å². The maximum absolute atomic E-state index is 15.4. The highest BCUT2D eigenvalue weighted by Gasteiger charge is 2.44. The van der Waals surface area contributed by atoms with Gasteiger partial charge in [0.2, 0.25) is 11.9 Å². The van der Waals surface area contributed by atoms with Crippen molar-refractivity contribution in [3.8, 4) is 0 Å². The molecular weight excluding hydrogens is 772 g/mol. The summed E-state index contributed by atoms with van der Waals surface area (Å²) in [5.74, 6) is -4.32. The van der Waals surface area contributed by atoms with Crippen molar-refractivity contribution in [1.29, 1.82) is 0 Å². The number of halogens is 9. The first-order valence-corrected chi connectivity index (χ1v) is 18.9. The van der Waals surface area contributed by atoms with Gasteiger partial charge in [0, 0.05) is 37.7 Å². The molecule has 0 bridgehead atoms. The second-order valence-electron chi connectivity index (χ2n) is 14.4. The van der Waals surface area contributed by atoms with Gasteiger partial charge in [-0.3, -0.25) is 9.59 Å². The number of alkyl halides is 6. The van der Waals surface area contributed by atoms with Gasteiger partial charge in [-0.15, -0.1) is 0 Å². The average molecular weight is 825 g/mol. The van der Waals surface area contributed by atoms with Crippen LogP contribution < -0.4 is 21.3 Å². The molecule has 2 fully saturated rings. The Labute approximate surface area is 328 Å². The molecule has 4 N–H and O–H groups in total. The number of fused-ring (bicyclic) bond motifs is 1. The van der Waals surface area contributed by atoms with Crippen molar-refractivity contribution < 1.29 is 44.7 Å². The number of carbonyl (C=O) groups excluding carboxylic acids is 2. The molecule has 8 nitrogen and oxygen atoms in total. The number of anilines is 3. The van der Waals surface area contributed by atoms with Gasteiger partial charge in [0.15, 0.2) is 5.82 Å². The van der Waals surface area contributed by atoms with Gasteiger partial charge < -0.3 is 25.8 Å². The zero-order valence-electron chi connectivity index (χ0n) is 32.9. The lowest BCUT2D eigenvalue weighted by Crippen LogP contribution is -2.34. The minimum Gasteiger partial charge on any atom is -0.370 e. The monoisotopic (exact) mass is 824 g/mol. The number of benzene rings is 2. The van der Waals surface area contributed by atoms with E-state index in [4.69, 9.17) is 17.3 Å². The summed E-state index contributed by atoms with van der Waals surface area (Å²) in [7, 11) is 1.63. The normalized spacial score (nSPS) is 16.1. The molecule has 3 aromatic rings. The number of nitrogens with zero attached hydrogens (tertiary/aromatic N) is 3. The Morgan fingerprint density at radius 3 is 2.02 bits per heavy atom. The SMILES string of the molecule is C=C(F)CC.CC.Cn1c(Nc2c(Cl)ccc(CNC(=O)C(C)(C)C)c2F)nc2cc(C(N)=O)c(N3CCC(C(F)(F)F)C3)cc21.FC(F)(F)C1CCCCC1. The lowest BCUT2D eigenvalue weighted by molar-refractivity contribution is -0.181. The van der Waals surface area contributed by atoms with Gasteiger partial charge in [-0.25, -0.2) is 13.8 Å². The first-order chi connectivity index (χ1) is 25.9. The molecule has 1 saturated carbocycles. The van der Waals surface area contributed by atoms with Crippen LogP contribution in [0, 0.1) is 23.1 Å². The third-order valence-corrected chi connectivity index (χ3v) is 9.55. The Bertz CT molecular complexity index is 1800. The van der Waals surface area contributed by atoms with E-state index in [1.807, 2.05) is 13.8 Å². The molecule has 1 aromatic heterocycles. The smallest absolute Gasteiger partial charge is 0.370 e. The molecule has 5 rings (SSSR count). The van der Waals surface area contributed by atoms with Crippen molar-refractivity contribution in [1.82, 2.24) is 14.9 Å². The van der Waals surface area contributed by atoms with Crippen LogP contribution in [0.2, 0.25) is 5.02 Å². The Morgan fingerprint density at radius 2 is 1.55 bits per heavy atom. The summed E-state index contributed by atoms with van der Waals surface area (Å²) in [4.78, 5) is 30.4. The summed E-state index contributed by atoms with van der Waals surface area (Å²) in [5, 5.41) is 5.64. The highest BCUT2D eigenvalue weighted by atomic mass is 35.5. The summed E-state index contributed by atoms with van der Waals surface area (Å²) in [6, 6.07) is 5.93. The minimum absolute atomic E-state index is 0.0378. The van der Waals surface area contributed by atoms with Crippen LogP contribution in [0.4, 0.5) is 52.4 Å². The first-order valence-electron chi connectivity index (χ1n) is 18.5. The van der Waals surface area contributed by atoms with E-state index in [1.165, 1.54) is 23.1 Å². The molecule has 56 heavy (non-hydrogen) atoms. The fourth-order valence-electron chi connectivity index (χ4n) is 5.87. The number of hydrogen-bond donors (Lipinski definition) is 3. The number of imidazole rings is 1. The van der Waals surface area contributed by atoms with Gasteiger partial charge in [0.1, 0.15) is 0 Å². The summed E-state index contributed by atoms with van der Waals surface area (Å²) in [6.45, 7) is 13.7. The highest BCUT2D eigenvalue weighted by molar-refractivity contribution is 6.33. The summed E-state index contributed by atoms with van der Waals surface area (Å²) >= 11 is 6.28. The minimum atomic E-state index is -4.34. The predicted molar refractivity (Wildman–Crippen MR) is 206 cm³/mol. The van der Waals surface area contributed by atoms with Gasteiger partial charge in [-0.2, -0.15) is 26.3 Å². The third-order valence-electron chi connectivity index (χ3n) is 9.24. The number of allylic oxidation sites excluding steroid dienone is 1. The Hall–Kier alpha value is -4.08. The Balaban J connectivity index is 0.000000529. The number of primary amides is 1. The van der Waals surface area contributed by atoms with E-state index in [0.717, 1.165) is 19.3 Å². The van der Waals surface area contributed by atoms with Gasteiger partial charge in [0.05, 0.1) is 50.7 Å².